The molecule has 0 unspecified atom stereocenters. The van der Waals surface area contributed by atoms with Crippen LogP contribution in [-0.4, -0.2) is 50.6 Å². The minimum Gasteiger partial charge on any atom is -0.346 e. The average Bonchev–Trinajstić information content (AvgIpc) is 2.77. The van der Waals surface area contributed by atoms with Gasteiger partial charge in [0.15, 0.2) is 5.79 Å². The minimum atomic E-state index is -3.10. The van der Waals surface area contributed by atoms with Gasteiger partial charge in [-0.05, 0) is 6.42 Å². The quantitative estimate of drug-likeness (QED) is 0.700. The van der Waals surface area contributed by atoms with Crippen molar-refractivity contribution in [1.29, 1.82) is 0 Å². The van der Waals surface area contributed by atoms with E-state index >= 15 is 0 Å². The van der Waals surface area contributed by atoms with Crippen molar-refractivity contribution in [1.82, 2.24) is 4.31 Å². The van der Waals surface area contributed by atoms with E-state index in [4.69, 9.17) is 9.47 Å². The first kappa shape index (κ1) is 11.3. The zero-order valence-corrected chi connectivity index (χ0v) is 9.75. The molecule has 0 amide bonds. The third kappa shape index (κ3) is 2.18. The molecule has 2 fully saturated rings. The van der Waals surface area contributed by atoms with E-state index in [0.717, 1.165) is 0 Å². The standard InChI is InChI=1S/C9H17NO4S/c1-2-7-15(11,12)10-4-3-9(8-10)13-5-6-14-9/h2-8H2,1H3. The molecular formula is C9H17NO4S. The molecule has 0 saturated carbocycles. The molecule has 0 aromatic rings. The summed E-state index contributed by atoms with van der Waals surface area (Å²) in [6, 6.07) is 0. The Morgan fingerprint density at radius 3 is 2.60 bits per heavy atom. The first-order valence-corrected chi connectivity index (χ1v) is 6.95. The molecule has 2 aliphatic rings. The average molecular weight is 235 g/mol. The summed E-state index contributed by atoms with van der Waals surface area (Å²) < 4.78 is 36.0. The summed E-state index contributed by atoms with van der Waals surface area (Å²) in [6.07, 6.45) is 1.30. The van der Waals surface area contributed by atoms with Crippen molar-refractivity contribution in [2.45, 2.75) is 25.6 Å². The summed E-state index contributed by atoms with van der Waals surface area (Å²) in [4.78, 5) is 0. The van der Waals surface area contributed by atoms with Gasteiger partial charge in [-0.2, -0.15) is 4.31 Å². The number of ether oxygens (including phenoxy) is 2. The number of nitrogens with zero attached hydrogens (tertiary/aromatic N) is 1. The molecule has 0 aliphatic carbocycles. The Bertz CT molecular complexity index is 321. The predicted octanol–water partition coefficient (Wildman–Crippen LogP) is 0.175. The van der Waals surface area contributed by atoms with E-state index in [2.05, 4.69) is 0 Å². The smallest absolute Gasteiger partial charge is 0.214 e. The van der Waals surface area contributed by atoms with Gasteiger partial charge < -0.3 is 9.47 Å². The van der Waals surface area contributed by atoms with Gasteiger partial charge in [0.05, 0.1) is 25.5 Å². The number of hydrogen-bond acceptors (Lipinski definition) is 4. The van der Waals surface area contributed by atoms with Gasteiger partial charge in [-0.15, -0.1) is 0 Å². The summed E-state index contributed by atoms with van der Waals surface area (Å²) in [6.45, 7) is 3.88. The maximum Gasteiger partial charge on any atom is 0.214 e. The number of rotatable bonds is 3. The molecule has 2 rings (SSSR count). The van der Waals surface area contributed by atoms with Crippen LogP contribution in [0.4, 0.5) is 0 Å². The highest BCUT2D eigenvalue weighted by Gasteiger charge is 2.46. The molecule has 15 heavy (non-hydrogen) atoms. The van der Waals surface area contributed by atoms with Crippen molar-refractivity contribution in [3.05, 3.63) is 0 Å². The fourth-order valence-corrected chi connectivity index (χ4v) is 3.62. The summed E-state index contributed by atoms with van der Waals surface area (Å²) in [5, 5.41) is 0. The van der Waals surface area contributed by atoms with Gasteiger partial charge in [0, 0.05) is 13.0 Å². The van der Waals surface area contributed by atoms with E-state index in [1.54, 1.807) is 0 Å². The van der Waals surface area contributed by atoms with E-state index in [1.165, 1.54) is 4.31 Å². The Morgan fingerprint density at radius 2 is 2.00 bits per heavy atom. The molecule has 6 heteroatoms. The summed E-state index contributed by atoms with van der Waals surface area (Å²) in [5.74, 6) is -0.427. The summed E-state index contributed by atoms with van der Waals surface area (Å²) in [7, 11) is -3.10. The van der Waals surface area contributed by atoms with Crippen LogP contribution in [0.15, 0.2) is 0 Å². The molecule has 0 aromatic heterocycles. The van der Waals surface area contributed by atoms with Gasteiger partial charge in [0.2, 0.25) is 10.0 Å². The SMILES string of the molecule is CCCS(=O)(=O)N1CCC2(C1)OCCO2. The van der Waals surface area contributed by atoms with Gasteiger partial charge >= 0.3 is 0 Å². The molecule has 2 saturated heterocycles. The van der Waals surface area contributed by atoms with Gasteiger partial charge in [-0.1, -0.05) is 6.92 Å². The van der Waals surface area contributed by atoms with Crippen molar-refractivity contribution in [3.63, 3.8) is 0 Å². The van der Waals surface area contributed by atoms with Crippen LogP contribution < -0.4 is 0 Å². The fourth-order valence-electron chi connectivity index (χ4n) is 2.08. The van der Waals surface area contributed by atoms with Crippen LogP contribution in [0.25, 0.3) is 0 Å². The van der Waals surface area contributed by atoms with E-state index in [0.29, 0.717) is 39.1 Å². The van der Waals surface area contributed by atoms with E-state index < -0.39 is 15.8 Å². The van der Waals surface area contributed by atoms with Crippen LogP contribution in [0.3, 0.4) is 0 Å². The zero-order valence-electron chi connectivity index (χ0n) is 8.94. The second-order valence-corrected chi connectivity index (χ2v) is 6.10. The van der Waals surface area contributed by atoms with Crippen LogP contribution in [0.1, 0.15) is 19.8 Å². The maximum atomic E-state index is 11.8. The van der Waals surface area contributed by atoms with Crippen LogP contribution >= 0.6 is 0 Å². The van der Waals surface area contributed by atoms with Gasteiger partial charge in [-0.25, -0.2) is 8.42 Å². The van der Waals surface area contributed by atoms with Crippen molar-refractivity contribution < 1.29 is 17.9 Å². The number of sulfonamides is 1. The maximum absolute atomic E-state index is 11.8. The van der Waals surface area contributed by atoms with Gasteiger partial charge in [0.25, 0.3) is 0 Å². The Labute approximate surface area is 90.4 Å². The lowest BCUT2D eigenvalue weighted by Crippen LogP contribution is -2.37. The molecular weight excluding hydrogens is 218 g/mol. The van der Waals surface area contributed by atoms with Crippen molar-refractivity contribution in [2.75, 3.05) is 32.1 Å². The summed E-state index contributed by atoms with van der Waals surface area (Å²) >= 11 is 0. The van der Waals surface area contributed by atoms with Crippen molar-refractivity contribution in [3.8, 4) is 0 Å². The lowest BCUT2D eigenvalue weighted by atomic mass is 10.2. The molecule has 0 radical (unpaired) electrons. The molecule has 0 aromatic carbocycles. The second kappa shape index (κ2) is 4.01. The summed E-state index contributed by atoms with van der Waals surface area (Å²) in [5.41, 5.74) is 0. The topological polar surface area (TPSA) is 55.8 Å². The molecule has 0 bridgehead atoms. The monoisotopic (exact) mass is 235 g/mol. The van der Waals surface area contributed by atoms with Gasteiger partial charge in [0.1, 0.15) is 0 Å². The van der Waals surface area contributed by atoms with Crippen LogP contribution in [0.2, 0.25) is 0 Å². The molecule has 2 aliphatic heterocycles. The Morgan fingerprint density at radius 1 is 1.33 bits per heavy atom. The van der Waals surface area contributed by atoms with Crippen LogP contribution in [-0.2, 0) is 19.5 Å². The first-order chi connectivity index (χ1) is 7.08. The zero-order chi connectivity index (χ0) is 10.9. The van der Waals surface area contributed by atoms with Crippen LogP contribution in [0, 0.1) is 0 Å². The second-order valence-electron chi connectivity index (χ2n) is 4.01. The highest BCUT2D eigenvalue weighted by molar-refractivity contribution is 7.89. The third-order valence-electron chi connectivity index (χ3n) is 2.83. The Kier molecular flexibility index (Phi) is 3.03. The highest BCUT2D eigenvalue weighted by atomic mass is 32.2. The molecule has 88 valence electrons. The molecule has 0 atom stereocenters. The highest BCUT2D eigenvalue weighted by Crippen LogP contribution is 2.31. The molecule has 5 nitrogen and oxygen atoms in total. The Hall–Kier alpha value is -0.170. The van der Waals surface area contributed by atoms with E-state index in [9.17, 15) is 8.42 Å². The third-order valence-corrected chi connectivity index (χ3v) is 4.85. The van der Waals surface area contributed by atoms with Crippen LogP contribution in [0.5, 0.6) is 0 Å². The lowest BCUT2D eigenvalue weighted by Gasteiger charge is -2.22. The predicted molar refractivity (Wildman–Crippen MR) is 54.9 cm³/mol. The lowest BCUT2D eigenvalue weighted by molar-refractivity contribution is -0.142. The number of hydrogen-bond donors (Lipinski definition) is 0. The Balaban J connectivity index is 2.03. The largest absolute Gasteiger partial charge is 0.346 e. The molecule has 2 heterocycles. The van der Waals surface area contributed by atoms with Crippen molar-refractivity contribution in [2.24, 2.45) is 0 Å². The van der Waals surface area contributed by atoms with Crippen molar-refractivity contribution >= 4 is 10.0 Å². The molecule has 1 spiro atoms. The minimum absolute atomic E-state index is 0.211. The molecule has 0 N–H and O–H groups in total. The normalized spacial score (nSPS) is 26.5. The van der Waals surface area contributed by atoms with E-state index in [-0.39, 0.29) is 5.75 Å². The first-order valence-electron chi connectivity index (χ1n) is 5.34. The van der Waals surface area contributed by atoms with Gasteiger partial charge in [-0.3, -0.25) is 0 Å². The fraction of sp³-hybridized carbons (Fsp3) is 1.00. The van der Waals surface area contributed by atoms with E-state index in [1.807, 2.05) is 6.92 Å².